The molecule has 2 aromatic heterocycles. The molecule has 1 N–H and O–H groups in total. The number of carbonyl (C=O) groups is 1. The maximum Gasteiger partial charge on any atom is 0.257 e. The number of nitrogens with zero attached hydrogens (tertiary/aromatic N) is 3. The summed E-state index contributed by atoms with van der Waals surface area (Å²) in [7, 11) is 3.59. The Bertz CT molecular complexity index is 706. The highest BCUT2D eigenvalue weighted by atomic mass is 32.1. The van der Waals surface area contributed by atoms with Crippen LogP contribution in [0.5, 0.6) is 0 Å². The fourth-order valence-electron chi connectivity index (χ4n) is 1.89. The van der Waals surface area contributed by atoms with E-state index in [-0.39, 0.29) is 12.5 Å². The molecule has 0 spiro atoms. The van der Waals surface area contributed by atoms with Gasteiger partial charge in [-0.1, -0.05) is 11.8 Å². The summed E-state index contributed by atoms with van der Waals surface area (Å²) < 4.78 is 1.69. The van der Waals surface area contributed by atoms with Gasteiger partial charge in [0, 0.05) is 35.6 Å². The summed E-state index contributed by atoms with van der Waals surface area (Å²) >= 11 is 1.55. The minimum Gasteiger partial charge on any atom is -0.384 e. The summed E-state index contributed by atoms with van der Waals surface area (Å²) in [6.45, 7) is 2.25. The first-order chi connectivity index (χ1) is 10.0. The zero-order valence-corrected chi connectivity index (χ0v) is 13.1. The highest BCUT2D eigenvalue weighted by Gasteiger charge is 2.17. The minimum atomic E-state index is -0.149. The fraction of sp³-hybridized carbons (Fsp3) is 0.333. The lowest BCUT2D eigenvalue weighted by Crippen LogP contribution is -2.26. The molecule has 2 rings (SSSR count). The Kier molecular flexibility index (Phi) is 4.78. The van der Waals surface area contributed by atoms with Crippen molar-refractivity contribution in [3.05, 3.63) is 39.3 Å². The molecule has 0 saturated heterocycles. The number of rotatable bonds is 3. The van der Waals surface area contributed by atoms with Gasteiger partial charge in [-0.25, -0.2) is 0 Å². The Labute approximate surface area is 127 Å². The van der Waals surface area contributed by atoms with Crippen molar-refractivity contribution in [3.63, 3.8) is 0 Å². The summed E-state index contributed by atoms with van der Waals surface area (Å²) in [6, 6.07) is 1.94. The van der Waals surface area contributed by atoms with E-state index in [4.69, 9.17) is 5.11 Å². The van der Waals surface area contributed by atoms with Crippen LogP contribution in [0.3, 0.4) is 0 Å². The normalized spacial score (nSPS) is 10.1. The maximum atomic E-state index is 12.4. The Morgan fingerprint density at radius 1 is 1.57 bits per heavy atom. The van der Waals surface area contributed by atoms with Crippen LogP contribution in [-0.2, 0) is 13.6 Å². The zero-order chi connectivity index (χ0) is 15.4. The summed E-state index contributed by atoms with van der Waals surface area (Å²) in [5, 5.41) is 14.7. The second kappa shape index (κ2) is 6.57. The van der Waals surface area contributed by atoms with Crippen molar-refractivity contribution in [2.75, 3.05) is 13.7 Å². The van der Waals surface area contributed by atoms with Crippen molar-refractivity contribution in [2.45, 2.75) is 13.5 Å². The molecule has 21 heavy (non-hydrogen) atoms. The second-order valence-electron chi connectivity index (χ2n) is 4.69. The van der Waals surface area contributed by atoms with Gasteiger partial charge in [0.1, 0.15) is 6.61 Å². The lowest BCUT2D eigenvalue weighted by Gasteiger charge is -2.15. The van der Waals surface area contributed by atoms with Gasteiger partial charge in [-0.3, -0.25) is 9.48 Å². The molecule has 0 aliphatic rings. The van der Waals surface area contributed by atoms with Crippen molar-refractivity contribution in [3.8, 4) is 11.8 Å². The Morgan fingerprint density at radius 2 is 2.33 bits per heavy atom. The topological polar surface area (TPSA) is 58.4 Å². The lowest BCUT2D eigenvalue weighted by atomic mass is 10.2. The molecule has 5 nitrogen and oxygen atoms in total. The number of aliphatic hydroxyl groups is 1. The van der Waals surface area contributed by atoms with Gasteiger partial charge in [-0.2, -0.15) is 5.10 Å². The van der Waals surface area contributed by atoms with Gasteiger partial charge in [0.25, 0.3) is 5.91 Å². The molecule has 0 atom stereocenters. The van der Waals surface area contributed by atoms with Crippen LogP contribution in [0.1, 0.15) is 26.5 Å². The van der Waals surface area contributed by atoms with E-state index in [0.29, 0.717) is 12.1 Å². The van der Waals surface area contributed by atoms with E-state index in [0.717, 1.165) is 16.1 Å². The smallest absolute Gasteiger partial charge is 0.257 e. The van der Waals surface area contributed by atoms with E-state index in [1.54, 1.807) is 34.2 Å². The zero-order valence-electron chi connectivity index (χ0n) is 12.3. The molecule has 0 unspecified atom stereocenters. The molecule has 0 bridgehead atoms. The van der Waals surface area contributed by atoms with Crippen LogP contribution in [0.15, 0.2) is 17.6 Å². The van der Waals surface area contributed by atoms with E-state index in [1.807, 2.05) is 25.4 Å². The molecule has 2 heterocycles. The molecule has 0 fully saturated rings. The van der Waals surface area contributed by atoms with Gasteiger partial charge in [0.15, 0.2) is 0 Å². The van der Waals surface area contributed by atoms with E-state index in [9.17, 15) is 4.79 Å². The van der Waals surface area contributed by atoms with Gasteiger partial charge in [0.2, 0.25) is 0 Å². The summed E-state index contributed by atoms with van der Waals surface area (Å²) in [6.07, 6.45) is 1.60. The Morgan fingerprint density at radius 3 is 2.95 bits per heavy atom. The summed E-state index contributed by atoms with van der Waals surface area (Å²) in [5.74, 6) is 5.42. The molecule has 0 saturated carbocycles. The number of aromatic nitrogens is 2. The Balaban J connectivity index is 2.07. The molecule has 6 heteroatoms. The van der Waals surface area contributed by atoms with Crippen LogP contribution in [0.25, 0.3) is 0 Å². The molecule has 0 aliphatic heterocycles. The molecule has 110 valence electrons. The van der Waals surface area contributed by atoms with E-state index >= 15 is 0 Å². The van der Waals surface area contributed by atoms with Gasteiger partial charge in [-0.15, -0.1) is 11.3 Å². The first kappa shape index (κ1) is 15.3. The number of carbonyl (C=O) groups excluding carboxylic acids is 1. The number of hydrogen-bond donors (Lipinski definition) is 1. The number of thiophene rings is 1. The first-order valence-electron chi connectivity index (χ1n) is 6.44. The monoisotopic (exact) mass is 303 g/mol. The Hall–Kier alpha value is -2.10. The second-order valence-corrected chi connectivity index (χ2v) is 5.69. The number of aryl methyl sites for hydroxylation is 1. The quantitative estimate of drug-likeness (QED) is 0.872. The van der Waals surface area contributed by atoms with Crippen molar-refractivity contribution in [1.82, 2.24) is 14.7 Å². The fourth-order valence-corrected chi connectivity index (χ4v) is 2.76. The van der Waals surface area contributed by atoms with Crippen LogP contribution in [0.4, 0.5) is 0 Å². The van der Waals surface area contributed by atoms with Crippen LogP contribution in [-0.4, -0.2) is 39.3 Å². The third-order valence-electron chi connectivity index (χ3n) is 3.17. The minimum absolute atomic E-state index is 0.0445. The van der Waals surface area contributed by atoms with Crippen LogP contribution < -0.4 is 0 Å². The molecular weight excluding hydrogens is 286 g/mol. The van der Waals surface area contributed by atoms with Crippen molar-refractivity contribution in [2.24, 2.45) is 7.05 Å². The predicted molar refractivity (Wildman–Crippen MR) is 82.0 cm³/mol. The average Bonchev–Trinajstić information content (AvgIpc) is 3.04. The molecule has 0 aliphatic carbocycles. The van der Waals surface area contributed by atoms with E-state index in [2.05, 4.69) is 16.9 Å². The first-order valence-corrected chi connectivity index (χ1v) is 7.32. The van der Waals surface area contributed by atoms with Crippen LogP contribution in [0.2, 0.25) is 0 Å². The third-order valence-corrected chi connectivity index (χ3v) is 4.09. The van der Waals surface area contributed by atoms with Gasteiger partial charge >= 0.3 is 0 Å². The molecule has 0 aromatic carbocycles. The van der Waals surface area contributed by atoms with Crippen molar-refractivity contribution in [1.29, 1.82) is 0 Å². The number of hydrogen-bond acceptors (Lipinski definition) is 4. The van der Waals surface area contributed by atoms with Crippen molar-refractivity contribution >= 4 is 17.2 Å². The van der Waals surface area contributed by atoms with Gasteiger partial charge in [0.05, 0.1) is 18.3 Å². The standard InChI is InChI=1S/C15H17N3O2S/c1-11-14(8-16-18(11)3)15(20)17(2)9-13-7-12(10-21-13)5-4-6-19/h7-8,10,19H,6,9H2,1-3H3. The lowest BCUT2D eigenvalue weighted by molar-refractivity contribution is 0.0785. The summed E-state index contributed by atoms with van der Waals surface area (Å²) in [5.41, 5.74) is 2.34. The highest BCUT2D eigenvalue weighted by molar-refractivity contribution is 7.10. The third kappa shape index (κ3) is 3.51. The molecule has 0 radical (unpaired) electrons. The molecular formula is C15H17N3O2S. The molecule has 1 amide bonds. The van der Waals surface area contributed by atoms with Gasteiger partial charge < -0.3 is 10.0 Å². The average molecular weight is 303 g/mol. The van der Waals surface area contributed by atoms with Crippen molar-refractivity contribution < 1.29 is 9.90 Å². The maximum absolute atomic E-state index is 12.4. The highest BCUT2D eigenvalue weighted by Crippen LogP contribution is 2.17. The molecule has 2 aromatic rings. The van der Waals surface area contributed by atoms with E-state index in [1.165, 1.54) is 0 Å². The van der Waals surface area contributed by atoms with Crippen LogP contribution in [0, 0.1) is 18.8 Å². The van der Waals surface area contributed by atoms with Gasteiger partial charge in [-0.05, 0) is 13.0 Å². The van der Waals surface area contributed by atoms with Crippen LogP contribution >= 0.6 is 11.3 Å². The number of amides is 1. The van der Waals surface area contributed by atoms with E-state index < -0.39 is 0 Å². The largest absolute Gasteiger partial charge is 0.384 e. The SMILES string of the molecule is Cc1c(C(=O)N(C)Cc2cc(C#CCO)cs2)cnn1C. The predicted octanol–water partition coefficient (Wildman–Crippen LogP) is 1.41. The number of aliphatic hydroxyl groups excluding tert-OH is 1. The summed E-state index contributed by atoms with van der Waals surface area (Å²) in [4.78, 5) is 15.1.